The van der Waals surface area contributed by atoms with E-state index in [1.54, 1.807) is 6.20 Å². The van der Waals surface area contributed by atoms with Crippen molar-refractivity contribution >= 4 is 5.82 Å². The molecule has 17 heavy (non-hydrogen) atoms. The second-order valence-corrected chi connectivity index (χ2v) is 4.67. The summed E-state index contributed by atoms with van der Waals surface area (Å²) in [6, 6.07) is 6.51. The van der Waals surface area contributed by atoms with Crippen LogP contribution in [0.3, 0.4) is 0 Å². The molecule has 0 unspecified atom stereocenters. The zero-order chi connectivity index (χ0) is 12.3. The largest absolute Gasteiger partial charge is 0.355 e. The van der Waals surface area contributed by atoms with Crippen molar-refractivity contribution < 1.29 is 0 Å². The average Bonchev–Trinajstić information content (AvgIpc) is 2.39. The van der Waals surface area contributed by atoms with Crippen LogP contribution in [0.4, 0.5) is 5.82 Å². The molecule has 0 N–H and O–H groups in total. The summed E-state index contributed by atoms with van der Waals surface area (Å²) in [7, 11) is 4.25. The van der Waals surface area contributed by atoms with Crippen molar-refractivity contribution in [2.75, 3.05) is 32.1 Å². The molecule has 0 saturated carbocycles. The van der Waals surface area contributed by atoms with Crippen LogP contribution in [0.1, 0.15) is 18.4 Å². The highest BCUT2D eigenvalue weighted by molar-refractivity contribution is 5.53. The number of rotatable bonds is 2. The van der Waals surface area contributed by atoms with Crippen LogP contribution >= 0.6 is 0 Å². The molecule has 1 aromatic heterocycles. The molecule has 4 nitrogen and oxygen atoms in total. The van der Waals surface area contributed by atoms with Gasteiger partial charge in [0.15, 0.2) is 0 Å². The van der Waals surface area contributed by atoms with E-state index in [1.165, 1.54) is 0 Å². The average molecular weight is 230 g/mol. The predicted molar refractivity (Wildman–Crippen MR) is 67.9 cm³/mol. The molecule has 1 aromatic rings. The number of piperidine rings is 1. The van der Waals surface area contributed by atoms with Crippen molar-refractivity contribution in [1.82, 2.24) is 9.88 Å². The van der Waals surface area contributed by atoms with Gasteiger partial charge in [-0.2, -0.15) is 5.26 Å². The Bertz CT molecular complexity index is 414. The lowest BCUT2D eigenvalue weighted by Crippen LogP contribution is -2.42. The standard InChI is InChI=1S/C13H18N4/c1-16(2)12-5-8-17(9-6-12)13-11(10-14)4-3-7-15-13/h3-4,7,12H,5-6,8-9H2,1-2H3. The predicted octanol–water partition coefficient (Wildman–Crippen LogP) is 1.48. The molecule has 2 heterocycles. The molecule has 0 amide bonds. The lowest BCUT2D eigenvalue weighted by molar-refractivity contribution is 0.249. The van der Waals surface area contributed by atoms with Gasteiger partial charge in [0, 0.05) is 25.3 Å². The van der Waals surface area contributed by atoms with Crippen LogP contribution in [-0.4, -0.2) is 43.1 Å². The minimum Gasteiger partial charge on any atom is -0.355 e. The normalized spacial score (nSPS) is 17.2. The van der Waals surface area contributed by atoms with E-state index in [0.29, 0.717) is 11.6 Å². The Hall–Kier alpha value is -1.60. The van der Waals surface area contributed by atoms with E-state index >= 15 is 0 Å². The Morgan fingerprint density at radius 3 is 2.71 bits per heavy atom. The zero-order valence-electron chi connectivity index (χ0n) is 10.4. The van der Waals surface area contributed by atoms with E-state index in [4.69, 9.17) is 5.26 Å². The molecule has 0 bridgehead atoms. The van der Waals surface area contributed by atoms with Gasteiger partial charge in [0.2, 0.25) is 0 Å². The van der Waals surface area contributed by atoms with Gasteiger partial charge in [0.05, 0.1) is 5.56 Å². The van der Waals surface area contributed by atoms with E-state index in [9.17, 15) is 0 Å². The summed E-state index contributed by atoms with van der Waals surface area (Å²) < 4.78 is 0. The molecule has 1 aliphatic rings. The summed E-state index contributed by atoms with van der Waals surface area (Å²) in [5.74, 6) is 0.840. The van der Waals surface area contributed by atoms with Gasteiger partial charge in [-0.3, -0.25) is 0 Å². The fourth-order valence-electron chi connectivity index (χ4n) is 2.33. The van der Waals surface area contributed by atoms with Gasteiger partial charge >= 0.3 is 0 Å². The highest BCUT2D eigenvalue weighted by Gasteiger charge is 2.22. The van der Waals surface area contributed by atoms with E-state index < -0.39 is 0 Å². The number of hydrogen-bond acceptors (Lipinski definition) is 4. The molecule has 2 rings (SSSR count). The minimum absolute atomic E-state index is 0.653. The first-order chi connectivity index (χ1) is 8.22. The van der Waals surface area contributed by atoms with Crippen LogP contribution < -0.4 is 4.90 Å². The molecule has 1 saturated heterocycles. The first-order valence-corrected chi connectivity index (χ1v) is 5.99. The first kappa shape index (κ1) is 11.9. The summed E-state index contributed by atoms with van der Waals surface area (Å²) in [4.78, 5) is 8.83. The fraction of sp³-hybridized carbons (Fsp3) is 0.538. The number of nitrogens with zero attached hydrogens (tertiary/aromatic N) is 4. The maximum Gasteiger partial charge on any atom is 0.146 e. The zero-order valence-corrected chi connectivity index (χ0v) is 10.4. The number of nitriles is 1. The van der Waals surface area contributed by atoms with Crippen LogP contribution in [-0.2, 0) is 0 Å². The monoisotopic (exact) mass is 230 g/mol. The molecule has 1 aliphatic heterocycles. The molecule has 0 spiro atoms. The second kappa shape index (κ2) is 5.15. The lowest BCUT2D eigenvalue weighted by atomic mass is 10.0. The maximum absolute atomic E-state index is 9.06. The van der Waals surface area contributed by atoms with Crippen molar-refractivity contribution in [2.24, 2.45) is 0 Å². The summed E-state index contributed by atoms with van der Waals surface area (Å²) >= 11 is 0. The molecule has 0 aromatic carbocycles. The highest BCUT2D eigenvalue weighted by atomic mass is 15.2. The van der Waals surface area contributed by atoms with E-state index in [-0.39, 0.29) is 0 Å². The smallest absolute Gasteiger partial charge is 0.146 e. The van der Waals surface area contributed by atoms with Crippen LogP contribution in [0.5, 0.6) is 0 Å². The van der Waals surface area contributed by atoms with Gasteiger partial charge < -0.3 is 9.80 Å². The summed E-state index contributed by atoms with van der Waals surface area (Å²) in [6.45, 7) is 1.96. The number of hydrogen-bond donors (Lipinski definition) is 0. The molecule has 4 heteroatoms. The SMILES string of the molecule is CN(C)C1CCN(c2ncccc2C#N)CC1. The summed E-state index contributed by atoms with van der Waals surface area (Å²) in [5.41, 5.74) is 0.677. The van der Waals surface area contributed by atoms with Crippen LogP contribution in [0, 0.1) is 11.3 Å². The van der Waals surface area contributed by atoms with Crippen LogP contribution in [0.15, 0.2) is 18.3 Å². The number of pyridine rings is 1. The highest BCUT2D eigenvalue weighted by Crippen LogP contribution is 2.22. The van der Waals surface area contributed by atoms with Crippen molar-refractivity contribution in [3.63, 3.8) is 0 Å². The summed E-state index contributed by atoms with van der Waals surface area (Å²) in [5, 5.41) is 9.06. The topological polar surface area (TPSA) is 43.2 Å². The van der Waals surface area contributed by atoms with Gasteiger partial charge in [0.1, 0.15) is 11.9 Å². The third kappa shape index (κ3) is 2.56. The molecule has 0 radical (unpaired) electrons. The first-order valence-electron chi connectivity index (χ1n) is 5.99. The fourth-order valence-corrected chi connectivity index (χ4v) is 2.33. The van der Waals surface area contributed by atoms with Gasteiger partial charge in [-0.15, -0.1) is 0 Å². The van der Waals surface area contributed by atoms with Crippen molar-refractivity contribution in [3.05, 3.63) is 23.9 Å². The minimum atomic E-state index is 0.653. The van der Waals surface area contributed by atoms with Gasteiger partial charge in [0.25, 0.3) is 0 Å². The van der Waals surface area contributed by atoms with Gasteiger partial charge in [-0.1, -0.05) is 0 Å². The Morgan fingerprint density at radius 1 is 1.41 bits per heavy atom. The van der Waals surface area contributed by atoms with Gasteiger partial charge in [-0.05, 0) is 39.1 Å². The number of aromatic nitrogens is 1. The summed E-state index contributed by atoms with van der Waals surface area (Å²) in [6.07, 6.45) is 4.02. The third-order valence-corrected chi connectivity index (χ3v) is 3.40. The Morgan fingerprint density at radius 2 is 2.12 bits per heavy atom. The molecule has 0 aliphatic carbocycles. The van der Waals surface area contributed by atoms with E-state index in [1.807, 2.05) is 12.1 Å². The van der Waals surface area contributed by atoms with Crippen LogP contribution in [0.2, 0.25) is 0 Å². The molecule has 1 fully saturated rings. The quantitative estimate of drug-likeness (QED) is 0.772. The van der Waals surface area contributed by atoms with Crippen LogP contribution in [0.25, 0.3) is 0 Å². The third-order valence-electron chi connectivity index (χ3n) is 3.40. The Kier molecular flexibility index (Phi) is 3.60. The van der Waals surface area contributed by atoms with Crippen molar-refractivity contribution in [3.8, 4) is 6.07 Å². The van der Waals surface area contributed by atoms with Gasteiger partial charge in [-0.25, -0.2) is 4.98 Å². The maximum atomic E-state index is 9.06. The Balaban J connectivity index is 2.08. The molecular weight excluding hydrogens is 212 g/mol. The molecule has 0 atom stereocenters. The molecule has 90 valence electrons. The van der Waals surface area contributed by atoms with Crippen molar-refractivity contribution in [1.29, 1.82) is 5.26 Å². The lowest BCUT2D eigenvalue weighted by Gasteiger charge is -2.36. The van der Waals surface area contributed by atoms with E-state index in [0.717, 1.165) is 31.7 Å². The Labute approximate surface area is 102 Å². The molecular formula is C13H18N4. The number of anilines is 1. The second-order valence-electron chi connectivity index (χ2n) is 4.67. The van der Waals surface area contributed by atoms with E-state index in [2.05, 4.69) is 34.9 Å². The van der Waals surface area contributed by atoms with Crippen molar-refractivity contribution in [2.45, 2.75) is 18.9 Å².